The van der Waals surface area contributed by atoms with Gasteiger partial charge in [0.15, 0.2) is 13.1 Å². The minimum absolute atomic E-state index is 0.158. The van der Waals surface area contributed by atoms with Crippen molar-refractivity contribution in [2.24, 2.45) is 0 Å². The molecule has 0 spiro atoms. The van der Waals surface area contributed by atoms with Crippen molar-refractivity contribution >= 4 is 23.5 Å². The first kappa shape index (κ1) is 9.61. The van der Waals surface area contributed by atoms with Gasteiger partial charge >= 0.3 is 5.90 Å². The molecule has 0 aromatic rings. The molecule has 1 fully saturated rings. The Kier molecular flexibility index (Phi) is 3.17. The van der Waals surface area contributed by atoms with Gasteiger partial charge in [0, 0.05) is 0 Å². The second kappa shape index (κ2) is 3.96. The third-order valence-electron chi connectivity index (χ3n) is 1.85. The topological polar surface area (TPSA) is 32.5 Å². The molecule has 0 aromatic heterocycles. The number of hydrogen-bond acceptors (Lipinski definition) is 2. The molecular weight excluding hydrogens is 174 g/mol. The molecule has 1 aliphatic heterocycles. The van der Waals surface area contributed by atoms with E-state index in [1.165, 1.54) is 5.37 Å². The van der Waals surface area contributed by atoms with Gasteiger partial charge in [0.05, 0.1) is 0 Å². The molecule has 1 rings (SSSR count). The summed E-state index contributed by atoms with van der Waals surface area (Å²) in [6, 6.07) is 0. The van der Waals surface area contributed by atoms with Crippen molar-refractivity contribution in [3.8, 4) is 0 Å². The minimum atomic E-state index is 0.158. The molecule has 12 heavy (non-hydrogen) atoms. The maximum atomic E-state index is 9.35. The van der Waals surface area contributed by atoms with Crippen LogP contribution in [0.5, 0.6) is 0 Å². The van der Waals surface area contributed by atoms with Crippen molar-refractivity contribution in [2.75, 3.05) is 13.1 Å². The Balaban J connectivity index is 2.73. The Morgan fingerprint density at radius 3 is 2.42 bits per heavy atom. The molecule has 1 heterocycles. The van der Waals surface area contributed by atoms with Crippen LogP contribution in [0.1, 0.15) is 13.8 Å². The summed E-state index contributed by atoms with van der Waals surface area (Å²) in [6.07, 6.45) is 0.316. The third-order valence-corrected chi connectivity index (χ3v) is 2.06. The SMILES string of the molecule is C[C@@H]1C[N+](=C(O)C=S)C[C@H](C)O1. The molecule has 0 amide bonds. The highest BCUT2D eigenvalue weighted by Gasteiger charge is 2.26. The summed E-state index contributed by atoms with van der Waals surface area (Å²) in [4.78, 5) is 0. The molecule has 2 atom stereocenters. The molecule has 0 saturated carbocycles. The van der Waals surface area contributed by atoms with Crippen LogP contribution in [0.3, 0.4) is 0 Å². The van der Waals surface area contributed by atoms with Crippen LogP contribution in [0.15, 0.2) is 0 Å². The first-order valence-corrected chi connectivity index (χ1v) is 4.52. The van der Waals surface area contributed by atoms with E-state index < -0.39 is 0 Å². The summed E-state index contributed by atoms with van der Waals surface area (Å²) in [5.41, 5.74) is 0. The van der Waals surface area contributed by atoms with Crippen LogP contribution in [0.2, 0.25) is 0 Å². The molecule has 0 aliphatic carbocycles. The highest BCUT2D eigenvalue weighted by molar-refractivity contribution is 7.80. The van der Waals surface area contributed by atoms with Crippen molar-refractivity contribution in [2.45, 2.75) is 26.1 Å². The van der Waals surface area contributed by atoms with Crippen molar-refractivity contribution < 1.29 is 14.4 Å². The van der Waals surface area contributed by atoms with Gasteiger partial charge in [-0.05, 0) is 13.8 Å². The zero-order valence-corrected chi connectivity index (χ0v) is 8.17. The lowest BCUT2D eigenvalue weighted by Crippen LogP contribution is -2.42. The highest BCUT2D eigenvalue weighted by atomic mass is 32.1. The maximum absolute atomic E-state index is 9.35. The molecule has 0 bridgehead atoms. The first-order valence-electron chi connectivity index (χ1n) is 4.05. The van der Waals surface area contributed by atoms with Crippen LogP contribution in [0.25, 0.3) is 0 Å². The van der Waals surface area contributed by atoms with E-state index in [-0.39, 0.29) is 18.1 Å². The highest BCUT2D eigenvalue weighted by Crippen LogP contribution is 2.06. The number of morpholine rings is 1. The summed E-state index contributed by atoms with van der Waals surface area (Å²) in [6.45, 7) is 5.39. The molecule has 1 N–H and O–H groups in total. The second-order valence-electron chi connectivity index (χ2n) is 3.14. The molecule has 68 valence electrons. The van der Waals surface area contributed by atoms with Gasteiger partial charge < -0.3 is 9.84 Å². The fourth-order valence-corrected chi connectivity index (χ4v) is 1.59. The zero-order chi connectivity index (χ0) is 9.14. The van der Waals surface area contributed by atoms with Crippen LogP contribution >= 0.6 is 12.2 Å². The van der Waals surface area contributed by atoms with Gasteiger partial charge in [-0.2, -0.15) is 4.58 Å². The second-order valence-corrected chi connectivity index (χ2v) is 3.37. The van der Waals surface area contributed by atoms with E-state index in [1.807, 2.05) is 18.4 Å². The van der Waals surface area contributed by atoms with Gasteiger partial charge in [-0.1, -0.05) is 12.2 Å². The number of thiocarbonyl (C=S) groups is 1. The van der Waals surface area contributed by atoms with E-state index in [4.69, 9.17) is 4.74 Å². The van der Waals surface area contributed by atoms with Gasteiger partial charge in [-0.15, -0.1) is 0 Å². The van der Waals surface area contributed by atoms with Crippen LogP contribution in [-0.2, 0) is 4.74 Å². The first-order chi connectivity index (χ1) is 5.63. The normalized spacial score (nSPS) is 34.5. The lowest BCUT2D eigenvalue weighted by molar-refractivity contribution is -0.571. The quantitative estimate of drug-likeness (QED) is 0.374. The predicted octanol–water partition coefficient (Wildman–Crippen LogP) is 0.762. The van der Waals surface area contributed by atoms with Gasteiger partial charge in [0.2, 0.25) is 0 Å². The average Bonchev–Trinajstić information content (AvgIpc) is 2.01. The third kappa shape index (κ3) is 2.25. The van der Waals surface area contributed by atoms with Gasteiger partial charge in [-0.25, -0.2) is 0 Å². The molecule has 0 radical (unpaired) electrons. The maximum Gasteiger partial charge on any atom is 0.371 e. The van der Waals surface area contributed by atoms with Crippen LogP contribution in [0.4, 0.5) is 0 Å². The fraction of sp³-hybridized carbons (Fsp3) is 0.750. The molecule has 3 nitrogen and oxygen atoms in total. The van der Waals surface area contributed by atoms with Gasteiger partial charge in [0.1, 0.15) is 17.6 Å². The number of hydrogen-bond donors (Lipinski definition) is 1. The number of ether oxygens (including phenoxy) is 1. The summed E-state index contributed by atoms with van der Waals surface area (Å²) in [5, 5.41) is 10.6. The average molecular weight is 188 g/mol. The summed E-state index contributed by atoms with van der Waals surface area (Å²) in [7, 11) is 0. The van der Waals surface area contributed by atoms with Crippen LogP contribution < -0.4 is 0 Å². The molecular formula is C8H14NO2S+. The van der Waals surface area contributed by atoms with E-state index in [9.17, 15) is 5.11 Å². The number of aliphatic hydroxyl groups is 1. The summed E-state index contributed by atoms with van der Waals surface area (Å²) in [5.74, 6) is 0.173. The van der Waals surface area contributed by atoms with Crippen LogP contribution in [-0.4, -0.2) is 46.2 Å². The molecule has 0 aromatic carbocycles. The Labute approximate surface area is 77.7 Å². The molecule has 0 unspecified atom stereocenters. The van der Waals surface area contributed by atoms with Crippen molar-refractivity contribution in [1.29, 1.82) is 0 Å². The van der Waals surface area contributed by atoms with E-state index in [2.05, 4.69) is 12.2 Å². The largest absolute Gasteiger partial charge is 0.460 e. The lowest BCUT2D eigenvalue weighted by Gasteiger charge is -2.23. The molecule has 1 saturated heterocycles. The Morgan fingerprint density at radius 1 is 1.50 bits per heavy atom. The lowest BCUT2D eigenvalue weighted by atomic mass is 10.2. The van der Waals surface area contributed by atoms with E-state index in [1.54, 1.807) is 0 Å². The molecule has 1 aliphatic rings. The monoisotopic (exact) mass is 188 g/mol. The Hall–Kier alpha value is -0.480. The summed E-state index contributed by atoms with van der Waals surface area (Å²) < 4.78 is 7.34. The van der Waals surface area contributed by atoms with Crippen molar-refractivity contribution in [1.82, 2.24) is 0 Å². The van der Waals surface area contributed by atoms with Crippen molar-refractivity contribution in [3.05, 3.63) is 0 Å². The zero-order valence-electron chi connectivity index (χ0n) is 7.36. The van der Waals surface area contributed by atoms with E-state index in [0.717, 1.165) is 0 Å². The smallest absolute Gasteiger partial charge is 0.371 e. The fourth-order valence-electron chi connectivity index (χ4n) is 1.44. The predicted molar refractivity (Wildman–Crippen MR) is 51.3 cm³/mol. The minimum Gasteiger partial charge on any atom is -0.460 e. The van der Waals surface area contributed by atoms with E-state index in [0.29, 0.717) is 13.1 Å². The van der Waals surface area contributed by atoms with Crippen molar-refractivity contribution in [3.63, 3.8) is 0 Å². The Bertz CT molecular complexity index is 203. The van der Waals surface area contributed by atoms with E-state index >= 15 is 0 Å². The van der Waals surface area contributed by atoms with Gasteiger partial charge in [-0.3, -0.25) is 0 Å². The van der Waals surface area contributed by atoms with Crippen LogP contribution in [0, 0.1) is 0 Å². The molecule has 4 heteroatoms. The number of nitrogens with zero attached hydrogens (tertiary/aromatic N) is 1. The summed E-state index contributed by atoms with van der Waals surface area (Å²) >= 11 is 4.64. The van der Waals surface area contributed by atoms with Gasteiger partial charge in [0.25, 0.3) is 0 Å². The number of aliphatic hydroxyl groups excluding tert-OH is 1. The Morgan fingerprint density at radius 2 is 2.00 bits per heavy atom. The standard InChI is InChI=1S/C8H13NO2S/c1-6-3-9(8(10)5-12)4-7(2)11-6/h5-7H,3-4H2,1-2H3/p+1/t6-,7+. The number of rotatable bonds is 1.